The van der Waals surface area contributed by atoms with Crippen LogP contribution in [0.1, 0.15) is 0 Å². The van der Waals surface area contributed by atoms with Gasteiger partial charge >= 0.3 is 0 Å². The van der Waals surface area contributed by atoms with Gasteiger partial charge in [-0.3, -0.25) is 0 Å². The Morgan fingerprint density at radius 2 is 2.31 bits per heavy atom. The summed E-state index contributed by atoms with van der Waals surface area (Å²) in [4.78, 5) is 3.99. The summed E-state index contributed by atoms with van der Waals surface area (Å²) in [5, 5.41) is 3.30. The lowest BCUT2D eigenvalue weighted by atomic mass is 10.3. The van der Waals surface area contributed by atoms with Crippen LogP contribution in [0.5, 0.6) is 0 Å². The summed E-state index contributed by atoms with van der Waals surface area (Å²) in [6, 6.07) is 6.00. The Morgan fingerprint density at radius 3 is 3.00 bits per heavy atom. The number of nitrogens with zero attached hydrogens (tertiary/aromatic N) is 2. The molecule has 5 heteroatoms. The van der Waals surface area contributed by atoms with Gasteiger partial charge < -0.3 is 15.6 Å². The highest BCUT2D eigenvalue weighted by Gasteiger charge is 1.98. The lowest BCUT2D eigenvalue weighted by molar-refractivity contribution is 0.727. The number of benzene rings is 1. The fraction of sp³-hybridized carbons (Fsp3) is 0.182. The quantitative estimate of drug-likeness (QED) is 0.668. The Hall–Kier alpha value is -1.24. The molecule has 0 radical (unpaired) electrons. The Labute approximate surface area is 108 Å². The van der Waals surface area contributed by atoms with E-state index in [1.54, 1.807) is 12.5 Å². The van der Waals surface area contributed by atoms with E-state index in [0.29, 0.717) is 0 Å². The lowest BCUT2D eigenvalue weighted by Crippen LogP contribution is -2.10. The third-order valence-corrected chi connectivity index (χ3v) is 2.93. The van der Waals surface area contributed by atoms with Crippen molar-refractivity contribution >= 4 is 34.0 Å². The molecule has 0 bridgehead atoms. The minimum absolute atomic E-state index is 0.789. The zero-order valence-electron chi connectivity index (χ0n) is 8.73. The summed E-state index contributed by atoms with van der Waals surface area (Å²) < 4.78 is 3.17. The van der Waals surface area contributed by atoms with Crippen LogP contribution in [0.15, 0.2) is 36.9 Å². The molecule has 0 atom stereocenters. The summed E-state index contributed by atoms with van der Waals surface area (Å²) in [7, 11) is 0. The molecular formula is C11H13IN4. The van der Waals surface area contributed by atoms with E-state index in [0.717, 1.165) is 28.0 Å². The van der Waals surface area contributed by atoms with E-state index in [-0.39, 0.29) is 0 Å². The minimum atomic E-state index is 0.789. The van der Waals surface area contributed by atoms with Crippen molar-refractivity contribution in [2.45, 2.75) is 6.54 Å². The molecule has 16 heavy (non-hydrogen) atoms. The molecule has 0 aliphatic carbocycles. The first kappa shape index (κ1) is 11.3. The number of rotatable bonds is 4. The molecule has 1 heterocycles. The van der Waals surface area contributed by atoms with Gasteiger partial charge in [0.15, 0.2) is 0 Å². The highest BCUT2D eigenvalue weighted by Crippen LogP contribution is 2.20. The first-order valence-electron chi connectivity index (χ1n) is 5.00. The molecule has 4 nitrogen and oxygen atoms in total. The van der Waals surface area contributed by atoms with E-state index in [1.165, 1.54) is 0 Å². The van der Waals surface area contributed by atoms with E-state index in [2.05, 4.69) is 32.9 Å². The maximum atomic E-state index is 5.89. The van der Waals surface area contributed by atoms with E-state index in [9.17, 15) is 0 Å². The minimum Gasteiger partial charge on any atom is -0.397 e. The summed E-state index contributed by atoms with van der Waals surface area (Å²) in [6.07, 6.45) is 5.52. The van der Waals surface area contributed by atoms with Gasteiger partial charge in [-0.05, 0) is 40.8 Å². The number of halogens is 1. The Bertz CT molecular complexity index is 453. The third-order valence-electron chi connectivity index (χ3n) is 2.26. The average molecular weight is 328 g/mol. The highest BCUT2D eigenvalue weighted by atomic mass is 127. The molecule has 0 saturated carbocycles. The van der Waals surface area contributed by atoms with Crippen molar-refractivity contribution in [1.29, 1.82) is 0 Å². The molecule has 2 aromatic rings. The topological polar surface area (TPSA) is 55.9 Å². The lowest BCUT2D eigenvalue weighted by Gasteiger charge is -2.09. The van der Waals surface area contributed by atoms with Crippen LogP contribution in [-0.4, -0.2) is 16.1 Å². The van der Waals surface area contributed by atoms with Crippen molar-refractivity contribution in [3.63, 3.8) is 0 Å². The molecule has 0 fully saturated rings. The van der Waals surface area contributed by atoms with Gasteiger partial charge in [-0.15, -0.1) is 0 Å². The Balaban J connectivity index is 1.90. The van der Waals surface area contributed by atoms with Gasteiger partial charge in [0.1, 0.15) is 0 Å². The van der Waals surface area contributed by atoms with E-state index >= 15 is 0 Å². The Kier molecular flexibility index (Phi) is 3.66. The molecule has 1 aromatic carbocycles. The third kappa shape index (κ3) is 2.88. The van der Waals surface area contributed by atoms with Crippen LogP contribution in [0.3, 0.4) is 0 Å². The van der Waals surface area contributed by atoms with Gasteiger partial charge in [0, 0.05) is 29.1 Å². The molecule has 0 saturated heterocycles. The second-order valence-electron chi connectivity index (χ2n) is 3.46. The second-order valence-corrected chi connectivity index (χ2v) is 4.70. The number of nitrogens with two attached hydrogens (primary N) is 1. The van der Waals surface area contributed by atoms with Crippen molar-refractivity contribution in [1.82, 2.24) is 9.55 Å². The summed E-state index contributed by atoms with van der Waals surface area (Å²) in [5.41, 5.74) is 7.67. The predicted molar refractivity (Wildman–Crippen MR) is 74.3 cm³/mol. The standard InChI is InChI=1S/C11H13IN4/c12-9-1-2-11(10(13)7-9)15-4-6-16-5-3-14-8-16/h1-3,5,7-8,15H,4,6,13H2. The molecule has 0 spiro atoms. The number of nitrogens with one attached hydrogen (secondary N) is 1. The van der Waals surface area contributed by atoms with Crippen molar-refractivity contribution in [2.24, 2.45) is 0 Å². The van der Waals surface area contributed by atoms with Gasteiger partial charge in [0.2, 0.25) is 0 Å². The molecule has 2 rings (SSSR count). The number of hydrogen-bond acceptors (Lipinski definition) is 3. The average Bonchev–Trinajstić information content (AvgIpc) is 2.74. The van der Waals surface area contributed by atoms with Crippen molar-refractivity contribution in [2.75, 3.05) is 17.6 Å². The van der Waals surface area contributed by atoms with Crippen LogP contribution in [0.4, 0.5) is 11.4 Å². The number of nitrogen functional groups attached to an aromatic ring is 1. The fourth-order valence-electron chi connectivity index (χ4n) is 1.43. The normalized spacial score (nSPS) is 10.3. The van der Waals surface area contributed by atoms with Gasteiger partial charge in [-0.2, -0.15) is 0 Å². The summed E-state index contributed by atoms with van der Waals surface area (Å²) in [5.74, 6) is 0. The number of aromatic nitrogens is 2. The molecule has 3 N–H and O–H groups in total. The number of anilines is 2. The van der Waals surface area contributed by atoms with Gasteiger partial charge in [0.05, 0.1) is 17.7 Å². The maximum Gasteiger partial charge on any atom is 0.0946 e. The summed E-state index contributed by atoms with van der Waals surface area (Å²) in [6.45, 7) is 1.71. The van der Waals surface area contributed by atoms with E-state index in [1.807, 2.05) is 29.0 Å². The molecule has 0 aliphatic rings. The zero-order chi connectivity index (χ0) is 11.4. The second kappa shape index (κ2) is 5.20. The van der Waals surface area contributed by atoms with Crippen molar-refractivity contribution in [3.05, 3.63) is 40.5 Å². The molecule has 84 valence electrons. The Morgan fingerprint density at radius 1 is 1.44 bits per heavy atom. The zero-order valence-corrected chi connectivity index (χ0v) is 10.9. The van der Waals surface area contributed by atoms with Gasteiger partial charge in [0.25, 0.3) is 0 Å². The van der Waals surface area contributed by atoms with Gasteiger partial charge in [-0.25, -0.2) is 4.98 Å². The van der Waals surface area contributed by atoms with Crippen molar-refractivity contribution in [3.8, 4) is 0 Å². The number of imidazole rings is 1. The first-order valence-corrected chi connectivity index (χ1v) is 6.08. The monoisotopic (exact) mass is 328 g/mol. The van der Waals surface area contributed by atoms with Crippen LogP contribution in [-0.2, 0) is 6.54 Å². The fourth-order valence-corrected chi connectivity index (χ4v) is 1.95. The van der Waals surface area contributed by atoms with E-state index < -0.39 is 0 Å². The van der Waals surface area contributed by atoms with Crippen LogP contribution in [0.2, 0.25) is 0 Å². The van der Waals surface area contributed by atoms with Crippen molar-refractivity contribution < 1.29 is 0 Å². The predicted octanol–water partition coefficient (Wildman–Crippen LogP) is 2.18. The molecule has 0 unspecified atom stereocenters. The molecule has 1 aromatic heterocycles. The first-order chi connectivity index (χ1) is 7.75. The maximum absolute atomic E-state index is 5.89. The largest absolute Gasteiger partial charge is 0.397 e. The van der Waals surface area contributed by atoms with Crippen LogP contribution >= 0.6 is 22.6 Å². The van der Waals surface area contributed by atoms with Crippen LogP contribution in [0.25, 0.3) is 0 Å². The molecular weight excluding hydrogens is 315 g/mol. The summed E-state index contributed by atoms with van der Waals surface area (Å²) >= 11 is 2.25. The van der Waals surface area contributed by atoms with E-state index in [4.69, 9.17) is 5.73 Å². The van der Waals surface area contributed by atoms with Crippen LogP contribution in [0, 0.1) is 3.57 Å². The van der Waals surface area contributed by atoms with Crippen LogP contribution < -0.4 is 11.1 Å². The smallest absolute Gasteiger partial charge is 0.0946 e. The number of hydrogen-bond donors (Lipinski definition) is 2. The highest BCUT2D eigenvalue weighted by molar-refractivity contribution is 14.1. The molecule has 0 aliphatic heterocycles. The SMILES string of the molecule is Nc1cc(I)ccc1NCCn1ccnc1. The van der Waals surface area contributed by atoms with Gasteiger partial charge in [-0.1, -0.05) is 0 Å². The molecule has 0 amide bonds.